The van der Waals surface area contributed by atoms with Crippen molar-refractivity contribution in [1.82, 2.24) is 10.2 Å². The van der Waals surface area contributed by atoms with E-state index in [1.54, 1.807) is 23.1 Å². The van der Waals surface area contributed by atoms with Crippen molar-refractivity contribution in [3.8, 4) is 11.5 Å². The minimum Gasteiger partial charge on any atom is -0.493 e. The van der Waals surface area contributed by atoms with Gasteiger partial charge in [-0.3, -0.25) is 9.59 Å². The zero-order chi connectivity index (χ0) is 29.2. The van der Waals surface area contributed by atoms with Gasteiger partial charge >= 0.3 is 0 Å². The Hall–Kier alpha value is -1.89. The highest BCUT2D eigenvalue weighted by Gasteiger charge is 2.55. The summed E-state index contributed by atoms with van der Waals surface area (Å²) in [6.07, 6.45) is 3.46. The van der Waals surface area contributed by atoms with Crippen molar-refractivity contribution in [2.45, 2.75) is 77.7 Å². The number of hydrogen-bond donors (Lipinski definition) is 4. The van der Waals surface area contributed by atoms with Gasteiger partial charge in [0.05, 0.1) is 29.9 Å². The zero-order valence-electron chi connectivity index (χ0n) is 23.9. The summed E-state index contributed by atoms with van der Waals surface area (Å²) in [6, 6.07) is 2.79. The van der Waals surface area contributed by atoms with Gasteiger partial charge in [-0.15, -0.1) is 0 Å². The van der Waals surface area contributed by atoms with Crippen LogP contribution in [-0.4, -0.2) is 77.1 Å². The number of ether oxygens (including phenoxy) is 2. The van der Waals surface area contributed by atoms with Gasteiger partial charge in [-0.25, -0.2) is 0 Å². The van der Waals surface area contributed by atoms with Crippen LogP contribution in [0.1, 0.15) is 58.4 Å². The molecule has 40 heavy (non-hydrogen) atoms. The Morgan fingerprint density at radius 1 is 1.23 bits per heavy atom. The number of methoxy groups -OCH3 is 1. The van der Waals surface area contributed by atoms with E-state index in [1.807, 2.05) is 6.92 Å². The first-order valence-corrected chi connectivity index (χ1v) is 15.3. The summed E-state index contributed by atoms with van der Waals surface area (Å²) in [5.74, 6) is 1.98. The molecule has 3 fully saturated rings. The first-order chi connectivity index (χ1) is 19.0. The topological polar surface area (TPSA) is 129 Å². The van der Waals surface area contributed by atoms with Crippen LogP contribution in [0.5, 0.6) is 11.5 Å². The molecule has 5 rings (SSSR count). The van der Waals surface area contributed by atoms with Gasteiger partial charge in [0, 0.05) is 31.5 Å². The molecule has 222 valence electrons. The lowest BCUT2D eigenvalue weighted by molar-refractivity contribution is -0.147. The van der Waals surface area contributed by atoms with E-state index in [0.29, 0.717) is 51.0 Å². The molecule has 4 aliphatic rings. The Labute approximate surface area is 250 Å². The average molecular weight is 671 g/mol. The molecule has 4 N–H and O–H groups in total. The van der Waals surface area contributed by atoms with Crippen molar-refractivity contribution < 1.29 is 34.4 Å². The zero-order valence-corrected chi connectivity index (χ0v) is 26.0. The molecule has 6 atom stereocenters. The van der Waals surface area contributed by atoms with Crippen LogP contribution in [0, 0.1) is 26.7 Å². The maximum Gasteiger partial charge on any atom is 0.247 e. The second-order valence-electron chi connectivity index (χ2n) is 11.9. The van der Waals surface area contributed by atoms with Gasteiger partial charge in [0.1, 0.15) is 12.2 Å². The Bertz CT molecular complexity index is 1120. The number of aliphatic hydroxyl groups excluding tert-OH is 3. The van der Waals surface area contributed by atoms with Crippen LogP contribution in [0.2, 0.25) is 0 Å². The number of fused-ring (bicyclic) bond motifs is 2. The first-order valence-electron chi connectivity index (χ1n) is 14.3. The predicted octanol–water partition coefficient (Wildman–Crippen LogP) is 3.02. The average Bonchev–Trinajstić information content (AvgIpc) is 2.95. The van der Waals surface area contributed by atoms with E-state index >= 15 is 0 Å². The summed E-state index contributed by atoms with van der Waals surface area (Å²) in [5.41, 5.74) is 1.31. The quantitative estimate of drug-likeness (QED) is 0.267. The van der Waals surface area contributed by atoms with Crippen LogP contribution < -0.4 is 14.8 Å². The summed E-state index contributed by atoms with van der Waals surface area (Å²) < 4.78 is 12.5. The van der Waals surface area contributed by atoms with Crippen molar-refractivity contribution in [3.63, 3.8) is 0 Å². The van der Waals surface area contributed by atoms with Crippen LogP contribution in [0.4, 0.5) is 0 Å². The van der Waals surface area contributed by atoms with Crippen LogP contribution in [-0.2, 0) is 16.2 Å². The summed E-state index contributed by atoms with van der Waals surface area (Å²) in [7, 11) is 1.50. The number of hydrogen-bond acceptors (Lipinski definition) is 7. The number of amides is 2. The molecule has 0 unspecified atom stereocenters. The SMILES string of the molecule is CCC(=O)N(C[C@@H]1CC[C@H]2C[C@@H]1C2(C)C)[C@@H]1CC(C(=O)NCCO)=C[C@H](Oc2c(I)cc(CO)cc2OC)[C@H]1O. The van der Waals surface area contributed by atoms with E-state index < -0.39 is 18.2 Å². The molecule has 1 aromatic carbocycles. The second-order valence-corrected chi connectivity index (χ2v) is 13.0. The number of carbonyl (C=O) groups is 2. The molecular formula is C30H43IN2O7. The van der Waals surface area contributed by atoms with Crippen molar-refractivity contribution in [2.24, 2.45) is 23.2 Å². The van der Waals surface area contributed by atoms with Gasteiger partial charge in [0.25, 0.3) is 0 Å². The van der Waals surface area contributed by atoms with E-state index in [-0.39, 0.29) is 43.4 Å². The van der Waals surface area contributed by atoms with Gasteiger partial charge in [-0.2, -0.15) is 0 Å². The van der Waals surface area contributed by atoms with Gasteiger partial charge in [0.15, 0.2) is 11.5 Å². The van der Waals surface area contributed by atoms with Crippen LogP contribution in [0.15, 0.2) is 23.8 Å². The molecule has 9 nitrogen and oxygen atoms in total. The Morgan fingerprint density at radius 2 is 1.98 bits per heavy atom. The monoisotopic (exact) mass is 670 g/mol. The summed E-state index contributed by atoms with van der Waals surface area (Å²) in [6.45, 7) is 6.75. The second kappa shape index (κ2) is 13.0. The lowest BCUT2D eigenvalue weighted by Crippen LogP contribution is -2.59. The number of rotatable bonds is 11. The lowest BCUT2D eigenvalue weighted by Gasteiger charge is -2.61. The predicted molar refractivity (Wildman–Crippen MR) is 159 cm³/mol. The van der Waals surface area contributed by atoms with Gasteiger partial charge in [0.2, 0.25) is 11.8 Å². The van der Waals surface area contributed by atoms with Crippen LogP contribution >= 0.6 is 22.6 Å². The molecule has 3 saturated carbocycles. The van der Waals surface area contributed by atoms with Crippen LogP contribution in [0.25, 0.3) is 0 Å². The van der Waals surface area contributed by atoms with E-state index in [9.17, 15) is 24.9 Å². The van der Waals surface area contributed by atoms with E-state index in [0.717, 1.165) is 18.8 Å². The maximum atomic E-state index is 13.4. The molecule has 0 saturated heterocycles. The number of halogens is 1. The minimum atomic E-state index is -1.09. The fourth-order valence-electron chi connectivity index (χ4n) is 6.95. The van der Waals surface area contributed by atoms with E-state index in [2.05, 4.69) is 41.8 Å². The minimum absolute atomic E-state index is 0.0569. The highest BCUT2D eigenvalue weighted by atomic mass is 127. The van der Waals surface area contributed by atoms with E-state index in [1.165, 1.54) is 13.5 Å². The van der Waals surface area contributed by atoms with Crippen molar-refractivity contribution in [2.75, 3.05) is 26.8 Å². The summed E-state index contributed by atoms with van der Waals surface area (Å²) in [4.78, 5) is 28.3. The molecule has 10 heteroatoms. The Kier molecular flexibility index (Phi) is 10.1. The Morgan fingerprint density at radius 3 is 2.58 bits per heavy atom. The Balaban J connectivity index is 1.67. The molecule has 0 radical (unpaired) electrons. The van der Waals surface area contributed by atoms with Gasteiger partial charge < -0.3 is 35.0 Å². The standard InChI is InChI=1S/C30H43IN2O7/c1-5-26(36)33(15-18-6-7-20-14-21(18)30(20,2)3)23-12-19(29(38)32-8-9-34)13-24(27(23)37)40-28-22(31)10-17(16-35)11-25(28)39-4/h10-11,13,18,20-21,23-24,27,34-35,37H,5-9,12,14-16H2,1-4H3,(H,32,38)/t18-,20-,21-,23+,24-,27-/m0/s1. The third-order valence-corrected chi connectivity index (χ3v) is 10.2. The number of aliphatic hydroxyl groups is 3. The highest BCUT2D eigenvalue weighted by Crippen LogP contribution is 2.61. The van der Waals surface area contributed by atoms with Crippen molar-refractivity contribution in [1.29, 1.82) is 0 Å². The molecule has 0 spiro atoms. The van der Waals surface area contributed by atoms with Crippen LogP contribution in [0.3, 0.4) is 0 Å². The van der Waals surface area contributed by atoms with Crippen molar-refractivity contribution >= 4 is 34.4 Å². The fourth-order valence-corrected chi connectivity index (χ4v) is 7.75. The largest absolute Gasteiger partial charge is 0.493 e. The maximum absolute atomic E-state index is 13.4. The van der Waals surface area contributed by atoms with Crippen molar-refractivity contribution in [3.05, 3.63) is 32.9 Å². The third kappa shape index (κ3) is 6.15. The molecule has 1 aromatic rings. The number of benzene rings is 1. The number of carbonyl (C=O) groups excluding carboxylic acids is 2. The molecule has 0 heterocycles. The van der Waals surface area contributed by atoms with Gasteiger partial charge in [-0.1, -0.05) is 20.8 Å². The first kappa shape index (κ1) is 31.1. The lowest BCUT2D eigenvalue weighted by atomic mass is 9.45. The van der Waals surface area contributed by atoms with Gasteiger partial charge in [-0.05, 0) is 88.8 Å². The summed E-state index contributed by atoms with van der Waals surface area (Å²) >= 11 is 2.09. The molecular weight excluding hydrogens is 627 g/mol. The summed E-state index contributed by atoms with van der Waals surface area (Å²) in [5, 5.41) is 33.3. The fraction of sp³-hybridized carbons (Fsp3) is 0.667. The highest BCUT2D eigenvalue weighted by molar-refractivity contribution is 14.1. The number of nitrogens with one attached hydrogen (secondary N) is 1. The van der Waals surface area contributed by atoms with E-state index in [4.69, 9.17) is 9.47 Å². The molecule has 2 amide bonds. The molecule has 2 bridgehead atoms. The molecule has 4 aliphatic carbocycles. The number of nitrogens with zero attached hydrogens (tertiary/aromatic N) is 1. The molecule has 0 aromatic heterocycles. The molecule has 0 aliphatic heterocycles. The normalized spacial score (nSPS) is 28.6. The smallest absolute Gasteiger partial charge is 0.247 e. The third-order valence-electron chi connectivity index (χ3n) is 9.40.